The standard InChI is InChI=1S/C14H17ClN2O3/c1-14(2)7-3-4-12(14)16-13(18)9-5-6-10(15)11(8-9)17(19)20/h5-6,8,12H,3-4,7H2,1-2H3,(H,16,18). The molecule has 1 N–H and O–H groups in total. The summed E-state index contributed by atoms with van der Waals surface area (Å²) in [6.45, 7) is 4.24. The van der Waals surface area contributed by atoms with Crippen LogP contribution in [-0.2, 0) is 0 Å². The highest BCUT2D eigenvalue weighted by Gasteiger charge is 2.35. The number of nitro groups is 1. The van der Waals surface area contributed by atoms with E-state index in [1.54, 1.807) is 0 Å². The Morgan fingerprint density at radius 3 is 2.75 bits per heavy atom. The van der Waals surface area contributed by atoms with E-state index in [4.69, 9.17) is 11.6 Å². The lowest BCUT2D eigenvalue weighted by Crippen LogP contribution is -2.41. The zero-order valence-electron chi connectivity index (χ0n) is 11.5. The molecular weight excluding hydrogens is 280 g/mol. The molecule has 2 rings (SSSR count). The Balaban J connectivity index is 2.18. The van der Waals surface area contributed by atoms with E-state index >= 15 is 0 Å². The molecule has 0 heterocycles. The third-order valence-electron chi connectivity index (χ3n) is 3.97. The first-order chi connectivity index (χ1) is 9.31. The number of benzene rings is 1. The van der Waals surface area contributed by atoms with E-state index in [1.807, 2.05) is 0 Å². The highest BCUT2D eigenvalue weighted by atomic mass is 35.5. The average Bonchev–Trinajstić information content (AvgIpc) is 2.68. The number of nitrogens with zero attached hydrogens (tertiary/aromatic N) is 1. The van der Waals surface area contributed by atoms with Gasteiger partial charge >= 0.3 is 0 Å². The number of nitro benzene ring substituents is 1. The van der Waals surface area contributed by atoms with Crippen molar-refractivity contribution in [2.24, 2.45) is 5.41 Å². The Hall–Kier alpha value is -1.62. The molecule has 20 heavy (non-hydrogen) atoms. The summed E-state index contributed by atoms with van der Waals surface area (Å²) in [7, 11) is 0. The molecule has 1 fully saturated rings. The van der Waals surface area contributed by atoms with Crippen LogP contribution in [0.2, 0.25) is 5.02 Å². The molecule has 1 aliphatic carbocycles. The summed E-state index contributed by atoms with van der Waals surface area (Å²) in [5.74, 6) is -0.287. The zero-order chi connectivity index (χ0) is 14.9. The third kappa shape index (κ3) is 2.93. The second kappa shape index (κ2) is 5.40. The summed E-state index contributed by atoms with van der Waals surface area (Å²) in [6.07, 6.45) is 3.09. The van der Waals surface area contributed by atoms with Crippen molar-refractivity contribution < 1.29 is 9.72 Å². The molecule has 1 saturated carbocycles. The van der Waals surface area contributed by atoms with Gasteiger partial charge in [-0.05, 0) is 30.4 Å². The van der Waals surface area contributed by atoms with Crippen LogP contribution in [0, 0.1) is 15.5 Å². The van der Waals surface area contributed by atoms with Crippen LogP contribution in [0.3, 0.4) is 0 Å². The average molecular weight is 297 g/mol. The number of hydrogen-bond donors (Lipinski definition) is 1. The molecule has 1 atom stereocenters. The van der Waals surface area contributed by atoms with Crippen molar-refractivity contribution in [2.75, 3.05) is 0 Å². The Kier molecular flexibility index (Phi) is 3.99. The summed E-state index contributed by atoms with van der Waals surface area (Å²) < 4.78 is 0. The quantitative estimate of drug-likeness (QED) is 0.684. The number of carbonyl (C=O) groups excluding carboxylic acids is 1. The molecular formula is C14H17ClN2O3. The predicted molar refractivity (Wildman–Crippen MR) is 77.0 cm³/mol. The van der Waals surface area contributed by atoms with Crippen LogP contribution in [0.4, 0.5) is 5.69 Å². The van der Waals surface area contributed by atoms with Crippen LogP contribution in [0.1, 0.15) is 43.5 Å². The Morgan fingerprint density at radius 1 is 1.50 bits per heavy atom. The van der Waals surface area contributed by atoms with Gasteiger partial charge in [0.05, 0.1) is 4.92 Å². The molecule has 1 amide bonds. The second-order valence-electron chi connectivity index (χ2n) is 5.83. The summed E-state index contributed by atoms with van der Waals surface area (Å²) >= 11 is 5.74. The van der Waals surface area contributed by atoms with Gasteiger partial charge in [-0.15, -0.1) is 0 Å². The monoisotopic (exact) mass is 296 g/mol. The van der Waals surface area contributed by atoms with E-state index in [1.165, 1.54) is 18.2 Å². The van der Waals surface area contributed by atoms with Crippen LogP contribution in [0.25, 0.3) is 0 Å². The fraction of sp³-hybridized carbons (Fsp3) is 0.500. The fourth-order valence-corrected chi connectivity index (χ4v) is 2.82. The number of amides is 1. The van der Waals surface area contributed by atoms with Gasteiger partial charge in [-0.1, -0.05) is 31.9 Å². The minimum Gasteiger partial charge on any atom is -0.349 e. The van der Waals surface area contributed by atoms with Crippen LogP contribution in [-0.4, -0.2) is 16.9 Å². The summed E-state index contributed by atoms with van der Waals surface area (Å²) in [5, 5.41) is 13.8. The highest BCUT2D eigenvalue weighted by molar-refractivity contribution is 6.32. The number of halogens is 1. The van der Waals surface area contributed by atoms with Crippen LogP contribution < -0.4 is 5.32 Å². The van der Waals surface area contributed by atoms with Gasteiger partial charge in [-0.2, -0.15) is 0 Å². The van der Waals surface area contributed by atoms with Crippen molar-refractivity contribution in [1.29, 1.82) is 0 Å². The molecule has 108 valence electrons. The maximum absolute atomic E-state index is 12.2. The number of carbonyl (C=O) groups is 1. The van der Waals surface area contributed by atoms with Gasteiger partial charge in [0.1, 0.15) is 5.02 Å². The first-order valence-electron chi connectivity index (χ1n) is 6.56. The maximum Gasteiger partial charge on any atom is 0.288 e. The van der Waals surface area contributed by atoms with E-state index in [0.29, 0.717) is 0 Å². The Bertz CT molecular complexity index is 557. The predicted octanol–water partition coefficient (Wildman–Crippen LogP) is 3.56. The summed E-state index contributed by atoms with van der Waals surface area (Å²) in [5.41, 5.74) is 0.0855. The van der Waals surface area contributed by atoms with Gasteiger partial charge < -0.3 is 5.32 Å². The number of rotatable bonds is 3. The van der Waals surface area contributed by atoms with Crippen molar-refractivity contribution >= 4 is 23.2 Å². The topological polar surface area (TPSA) is 72.2 Å². The lowest BCUT2D eigenvalue weighted by molar-refractivity contribution is -0.384. The molecule has 1 aromatic rings. The Morgan fingerprint density at radius 2 is 2.20 bits per heavy atom. The highest BCUT2D eigenvalue weighted by Crippen LogP contribution is 2.37. The largest absolute Gasteiger partial charge is 0.349 e. The third-order valence-corrected chi connectivity index (χ3v) is 4.29. The van der Waals surface area contributed by atoms with Crippen LogP contribution in [0.5, 0.6) is 0 Å². The van der Waals surface area contributed by atoms with Gasteiger partial charge in [0.15, 0.2) is 0 Å². The van der Waals surface area contributed by atoms with Gasteiger partial charge in [0.25, 0.3) is 11.6 Å². The van der Waals surface area contributed by atoms with Crippen LogP contribution in [0.15, 0.2) is 18.2 Å². The summed E-state index contributed by atoms with van der Waals surface area (Å²) in [4.78, 5) is 22.4. The maximum atomic E-state index is 12.2. The molecule has 0 spiro atoms. The molecule has 5 nitrogen and oxygen atoms in total. The first-order valence-corrected chi connectivity index (χ1v) is 6.94. The molecule has 1 unspecified atom stereocenters. The molecule has 0 radical (unpaired) electrons. The SMILES string of the molecule is CC1(C)CCCC1NC(=O)c1ccc(Cl)c([N+](=O)[O-])c1. The van der Waals surface area contributed by atoms with Crippen molar-refractivity contribution in [1.82, 2.24) is 5.32 Å². The van der Waals surface area contributed by atoms with E-state index in [2.05, 4.69) is 19.2 Å². The van der Waals surface area contributed by atoms with Crippen LogP contribution >= 0.6 is 11.6 Å². The minimum absolute atomic E-state index is 0.0350. The van der Waals surface area contributed by atoms with Crippen molar-refractivity contribution in [3.8, 4) is 0 Å². The van der Waals surface area contributed by atoms with Gasteiger partial charge in [0, 0.05) is 17.7 Å². The van der Waals surface area contributed by atoms with E-state index in [-0.39, 0.29) is 33.6 Å². The fourth-order valence-electron chi connectivity index (χ4n) is 2.63. The van der Waals surface area contributed by atoms with Gasteiger partial charge in [0.2, 0.25) is 0 Å². The first kappa shape index (κ1) is 14.8. The van der Waals surface area contributed by atoms with E-state index < -0.39 is 4.92 Å². The molecule has 0 saturated heterocycles. The Labute approximate surface area is 122 Å². The molecule has 6 heteroatoms. The molecule has 0 aromatic heterocycles. The summed E-state index contributed by atoms with van der Waals surface area (Å²) in [6, 6.07) is 4.21. The lowest BCUT2D eigenvalue weighted by atomic mass is 9.87. The van der Waals surface area contributed by atoms with Crippen molar-refractivity contribution in [3.05, 3.63) is 38.9 Å². The normalized spacial score (nSPS) is 20.6. The number of hydrogen-bond acceptors (Lipinski definition) is 3. The van der Waals surface area contributed by atoms with Crippen molar-refractivity contribution in [2.45, 2.75) is 39.2 Å². The number of nitrogens with one attached hydrogen (secondary N) is 1. The van der Waals surface area contributed by atoms with E-state index in [9.17, 15) is 14.9 Å². The minimum atomic E-state index is -0.585. The van der Waals surface area contributed by atoms with Crippen molar-refractivity contribution in [3.63, 3.8) is 0 Å². The smallest absolute Gasteiger partial charge is 0.288 e. The molecule has 1 aromatic carbocycles. The second-order valence-corrected chi connectivity index (χ2v) is 6.24. The van der Waals surface area contributed by atoms with Gasteiger partial charge in [-0.25, -0.2) is 0 Å². The lowest BCUT2D eigenvalue weighted by Gasteiger charge is -2.27. The molecule has 0 aliphatic heterocycles. The molecule has 0 bridgehead atoms. The zero-order valence-corrected chi connectivity index (χ0v) is 12.2. The van der Waals surface area contributed by atoms with E-state index in [0.717, 1.165) is 19.3 Å². The molecule has 1 aliphatic rings. The van der Waals surface area contributed by atoms with Gasteiger partial charge in [-0.3, -0.25) is 14.9 Å².